The van der Waals surface area contributed by atoms with Crippen LogP contribution in [0.15, 0.2) is 65.6 Å². The third-order valence-electron chi connectivity index (χ3n) is 6.03. The summed E-state index contributed by atoms with van der Waals surface area (Å²) in [6.45, 7) is 1.55. The number of ether oxygens (including phenoxy) is 1. The molecule has 3 aromatic carbocycles. The van der Waals surface area contributed by atoms with E-state index in [4.69, 9.17) is 4.74 Å². The minimum absolute atomic E-state index is 0.0503. The third-order valence-corrected chi connectivity index (χ3v) is 7.76. The minimum Gasteiger partial charge on any atom is -0.493 e. The molecule has 0 unspecified atom stereocenters. The van der Waals surface area contributed by atoms with Crippen LogP contribution in [0.3, 0.4) is 0 Å². The molecule has 8 heteroatoms. The molecule has 3 aromatic rings. The van der Waals surface area contributed by atoms with Gasteiger partial charge in [0.2, 0.25) is 0 Å². The number of hydrogen-bond acceptors (Lipinski definition) is 5. The van der Waals surface area contributed by atoms with Crippen LogP contribution in [-0.4, -0.2) is 37.9 Å². The van der Waals surface area contributed by atoms with E-state index in [0.717, 1.165) is 11.1 Å². The second kappa shape index (κ2) is 8.51. The molecule has 0 heterocycles. The Labute approximate surface area is 192 Å². The molecule has 0 fully saturated rings. The fourth-order valence-corrected chi connectivity index (χ4v) is 5.22. The number of carboxylic acid groups (broad SMARTS) is 1. The van der Waals surface area contributed by atoms with Gasteiger partial charge in [-0.25, -0.2) is 17.6 Å². The summed E-state index contributed by atoms with van der Waals surface area (Å²) in [5.41, 5.74) is 1.57. The lowest BCUT2D eigenvalue weighted by atomic mass is 9.94. The van der Waals surface area contributed by atoms with Crippen LogP contribution in [0, 0.1) is 5.82 Å². The van der Waals surface area contributed by atoms with Gasteiger partial charge >= 0.3 is 5.97 Å². The molecule has 33 heavy (non-hydrogen) atoms. The van der Waals surface area contributed by atoms with Gasteiger partial charge in [-0.05, 0) is 34.9 Å². The highest BCUT2D eigenvalue weighted by Crippen LogP contribution is 2.39. The Kier molecular flexibility index (Phi) is 5.88. The van der Waals surface area contributed by atoms with Crippen LogP contribution >= 0.6 is 0 Å². The molecule has 0 bridgehead atoms. The monoisotopic (exact) mass is 469 g/mol. The minimum atomic E-state index is -3.47. The lowest BCUT2D eigenvalue weighted by Gasteiger charge is -2.27. The third kappa shape index (κ3) is 4.18. The number of methoxy groups -OCH3 is 1. The molecule has 2 N–H and O–H groups in total. The van der Waals surface area contributed by atoms with Crippen molar-refractivity contribution in [1.82, 2.24) is 0 Å². The van der Waals surface area contributed by atoms with E-state index in [1.807, 2.05) is 24.3 Å². The number of benzene rings is 3. The zero-order valence-electron chi connectivity index (χ0n) is 18.3. The lowest BCUT2D eigenvalue weighted by Crippen LogP contribution is -2.47. The molecule has 4 rings (SSSR count). The summed E-state index contributed by atoms with van der Waals surface area (Å²) in [5.74, 6) is -1.83. The van der Waals surface area contributed by atoms with E-state index in [1.165, 1.54) is 25.3 Å². The standard InChI is InChI=1S/C25H24FNO5S/c1-3-33(30,31)20-10-6-9-16(11-20)21-12-19(13-22(26)23(21)32-2)27-25(24(28)29)14-17-7-4-5-8-18(17)15-25/h4-13,27H,3,14-15H2,1-2H3,(H,28,29). The van der Waals surface area contributed by atoms with Gasteiger partial charge < -0.3 is 15.2 Å². The van der Waals surface area contributed by atoms with Crippen LogP contribution in [0.5, 0.6) is 5.75 Å². The van der Waals surface area contributed by atoms with Crippen molar-refractivity contribution in [2.24, 2.45) is 0 Å². The van der Waals surface area contributed by atoms with E-state index in [-0.39, 0.29) is 34.9 Å². The highest BCUT2D eigenvalue weighted by Gasteiger charge is 2.44. The van der Waals surface area contributed by atoms with Crippen LogP contribution in [-0.2, 0) is 27.5 Å². The largest absolute Gasteiger partial charge is 0.493 e. The maximum absolute atomic E-state index is 15.0. The first-order valence-corrected chi connectivity index (χ1v) is 12.1. The topological polar surface area (TPSA) is 92.7 Å². The average molecular weight is 470 g/mol. The number of rotatable bonds is 7. The van der Waals surface area contributed by atoms with E-state index in [2.05, 4.69) is 5.32 Å². The van der Waals surface area contributed by atoms with Crippen molar-refractivity contribution in [3.8, 4) is 16.9 Å². The molecule has 0 spiro atoms. The van der Waals surface area contributed by atoms with Crippen molar-refractivity contribution in [3.05, 3.63) is 77.6 Å². The summed E-state index contributed by atoms with van der Waals surface area (Å²) in [4.78, 5) is 12.4. The number of carbonyl (C=O) groups is 1. The first-order valence-electron chi connectivity index (χ1n) is 10.5. The summed E-state index contributed by atoms with van der Waals surface area (Å²) in [5, 5.41) is 13.1. The average Bonchev–Trinajstić information content (AvgIpc) is 3.18. The molecule has 0 aliphatic heterocycles. The summed E-state index contributed by atoms with van der Waals surface area (Å²) in [6.07, 6.45) is 0.511. The van der Waals surface area contributed by atoms with Crippen molar-refractivity contribution in [3.63, 3.8) is 0 Å². The summed E-state index contributed by atoms with van der Waals surface area (Å²) >= 11 is 0. The smallest absolute Gasteiger partial charge is 0.330 e. The van der Waals surface area contributed by atoms with Gasteiger partial charge in [0.25, 0.3) is 0 Å². The Balaban J connectivity index is 1.78. The van der Waals surface area contributed by atoms with Crippen LogP contribution in [0.2, 0.25) is 0 Å². The Bertz CT molecular complexity index is 1310. The molecule has 172 valence electrons. The quantitative estimate of drug-likeness (QED) is 0.535. The Hall–Kier alpha value is -3.39. The molecule has 1 aliphatic carbocycles. The van der Waals surface area contributed by atoms with Gasteiger partial charge in [0.05, 0.1) is 17.8 Å². The summed E-state index contributed by atoms with van der Waals surface area (Å²) < 4.78 is 45.0. The SMILES string of the molecule is CCS(=O)(=O)c1cccc(-c2cc(NC3(C(=O)O)Cc4ccccc4C3)cc(F)c2OC)c1. The normalized spacial score (nSPS) is 14.5. The molecule has 6 nitrogen and oxygen atoms in total. The van der Waals surface area contributed by atoms with Gasteiger partial charge in [0.1, 0.15) is 5.54 Å². The predicted molar refractivity (Wildman–Crippen MR) is 124 cm³/mol. The Morgan fingerprint density at radius 2 is 1.76 bits per heavy atom. The van der Waals surface area contributed by atoms with E-state index in [9.17, 15) is 18.3 Å². The number of fused-ring (bicyclic) bond motifs is 1. The lowest BCUT2D eigenvalue weighted by molar-refractivity contribution is -0.142. The van der Waals surface area contributed by atoms with E-state index < -0.39 is 27.2 Å². The van der Waals surface area contributed by atoms with Crippen LogP contribution in [0.1, 0.15) is 18.1 Å². The number of sulfone groups is 1. The second-order valence-corrected chi connectivity index (χ2v) is 10.4. The Morgan fingerprint density at radius 1 is 1.09 bits per heavy atom. The van der Waals surface area contributed by atoms with Crippen molar-refractivity contribution in [2.45, 2.75) is 30.2 Å². The summed E-state index contributed by atoms with van der Waals surface area (Å²) in [6, 6.07) is 16.5. The van der Waals surface area contributed by atoms with Gasteiger partial charge in [0.15, 0.2) is 21.4 Å². The number of halogens is 1. The van der Waals surface area contributed by atoms with E-state index in [0.29, 0.717) is 11.1 Å². The van der Waals surface area contributed by atoms with Gasteiger partial charge in [0, 0.05) is 30.2 Å². The molecule has 0 atom stereocenters. The van der Waals surface area contributed by atoms with Gasteiger partial charge in [-0.1, -0.05) is 43.3 Å². The Morgan fingerprint density at radius 3 is 2.33 bits per heavy atom. The fourth-order valence-electron chi connectivity index (χ4n) is 4.30. The van der Waals surface area contributed by atoms with Gasteiger partial charge in [-0.3, -0.25) is 0 Å². The zero-order valence-corrected chi connectivity index (χ0v) is 19.1. The van der Waals surface area contributed by atoms with Crippen LogP contribution in [0.4, 0.5) is 10.1 Å². The number of carboxylic acids is 1. The van der Waals surface area contributed by atoms with Crippen LogP contribution in [0.25, 0.3) is 11.1 Å². The number of nitrogens with one attached hydrogen (secondary N) is 1. The van der Waals surface area contributed by atoms with Crippen molar-refractivity contribution >= 4 is 21.5 Å². The molecule has 0 radical (unpaired) electrons. The summed E-state index contributed by atoms with van der Waals surface area (Å²) in [7, 11) is -2.14. The maximum Gasteiger partial charge on any atom is 0.330 e. The second-order valence-electron chi connectivity index (χ2n) is 8.10. The van der Waals surface area contributed by atoms with Crippen molar-refractivity contribution in [2.75, 3.05) is 18.2 Å². The fraction of sp³-hybridized carbons (Fsp3) is 0.240. The molecule has 1 aliphatic rings. The predicted octanol–water partition coefficient (Wildman–Crippen LogP) is 4.33. The number of anilines is 1. The van der Waals surface area contributed by atoms with Crippen molar-refractivity contribution in [1.29, 1.82) is 0 Å². The first-order chi connectivity index (χ1) is 15.7. The first kappa shape index (κ1) is 22.8. The number of aliphatic carboxylic acids is 1. The van der Waals surface area contributed by atoms with E-state index in [1.54, 1.807) is 25.1 Å². The number of hydrogen-bond donors (Lipinski definition) is 2. The zero-order chi connectivity index (χ0) is 23.8. The molecule has 0 aromatic heterocycles. The van der Waals surface area contributed by atoms with Crippen LogP contribution < -0.4 is 10.1 Å². The highest BCUT2D eigenvalue weighted by atomic mass is 32.2. The molecule has 0 saturated heterocycles. The van der Waals surface area contributed by atoms with E-state index >= 15 is 4.39 Å². The molecular formula is C25H24FNO5S. The van der Waals surface area contributed by atoms with Gasteiger partial charge in [-0.15, -0.1) is 0 Å². The highest BCUT2D eigenvalue weighted by molar-refractivity contribution is 7.91. The van der Waals surface area contributed by atoms with Gasteiger partial charge in [-0.2, -0.15) is 0 Å². The van der Waals surface area contributed by atoms with Crippen molar-refractivity contribution < 1.29 is 27.4 Å². The molecule has 0 amide bonds. The maximum atomic E-state index is 15.0. The molecular weight excluding hydrogens is 445 g/mol. The molecule has 0 saturated carbocycles.